The second-order valence-corrected chi connectivity index (χ2v) is 7.60. The van der Waals surface area contributed by atoms with Gasteiger partial charge in [-0.3, -0.25) is 4.55 Å². The van der Waals surface area contributed by atoms with Crippen molar-refractivity contribution >= 4 is 43.9 Å². The number of nitrogens with zero attached hydrogens (tertiary/aromatic N) is 2. The van der Waals surface area contributed by atoms with Crippen LogP contribution in [0.5, 0.6) is 17.2 Å². The third-order valence-corrected chi connectivity index (χ3v) is 4.89. The fraction of sp³-hybridized carbons (Fsp3) is 0.0588. The summed E-state index contributed by atoms with van der Waals surface area (Å²) in [6.07, 6.45) is 0. The lowest BCUT2D eigenvalue weighted by Gasteiger charge is -2.10. The van der Waals surface area contributed by atoms with E-state index in [0.717, 1.165) is 12.1 Å². The number of azo groups is 1. The van der Waals surface area contributed by atoms with E-state index in [0.29, 0.717) is 10.6 Å². The van der Waals surface area contributed by atoms with Crippen molar-refractivity contribution in [2.45, 2.75) is 11.8 Å². The molecule has 140 valence electrons. The van der Waals surface area contributed by atoms with Crippen LogP contribution in [-0.4, -0.2) is 28.3 Å². The third-order valence-electron chi connectivity index (χ3n) is 3.82. The lowest BCUT2D eigenvalue weighted by molar-refractivity contribution is 0.459. The first kappa shape index (κ1) is 18.9. The van der Waals surface area contributed by atoms with Gasteiger partial charge in [0.15, 0.2) is 5.75 Å². The standard InChI is InChI=1S/C17H13ClN2O6S/c1-8-4-9-5-11(27(24,25)26)7-14(22)15(9)17(23)16(8)20-19-12-6-10(18)2-3-13(12)21/h2-7,21-23H,1H3,(H,24,25,26)/b20-19+. The zero-order chi connectivity index (χ0) is 19.9. The summed E-state index contributed by atoms with van der Waals surface area (Å²) in [7, 11) is -4.53. The molecule has 0 aliphatic heterocycles. The molecule has 3 aromatic carbocycles. The zero-order valence-electron chi connectivity index (χ0n) is 13.8. The Balaban J connectivity index is 2.19. The fourth-order valence-corrected chi connectivity index (χ4v) is 3.26. The first-order chi connectivity index (χ1) is 12.6. The Bertz CT molecular complexity index is 1210. The maximum absolute atomic E-state index is 11.3. The van der Waals surface area contributed by atoms with Gasteiger partial charge in [-0.2, -0.15) is 8.42 Å². The molecule has 0 bridgehead atoms. The van der Waals surface area contributed by atoms with Gasteiger partial charge >= 0.3 is 0 Å². The molecule has 0 aromatic heterocycles. The van der Waals surface area contributed by atoms with E-state index in [4.69, 9.17) is 16.2 Å². The van der Waals surface area contributed by atoms with Gasteiger partial charge in [0, 0.05) is 11.1 Å². The molecule has 0 fully saturated rings. The number of fused-ring (bicyclic) bond motifs is 1. The molecule has 3 aromatic rings. The van der Waals surface area contributed by atoms with Gasteiger partial charge in [0.1, 0.15) is 22.9 Å². The predicted molar refractivity (Wildman–Crippen MR) is 99.1 cm³/mol. The van der Waals surface area contributed by atoms with Crippen LogP contribution in [-0.2, 0) is 10.1 Å². The summed E-state index contributed by atoms with van der Waals surface area (Å²) in [6.45, 7) is 1.59. The van der Waals surface area contributed by atoms with Gasteiger partial charge in [0.2, 0.25) is 0 Å². The zero-order valence-corrected chi connectivity index (χ0v) is 15.3. The van der Waals surface area contributed by atoms with Crippen LogP contribution in [0.4, 0.5) is 11.4 Å². The molecule has 0 amide bonds. The Hall–Kier alpha value is -2.88. The third kappa shape index (κ3) is 3.65. The van der Waals surface area contributed by atoms with Crippen LogP contribution in [0.15, 0.2) is 51.5 Å². The summed E-state index contributed by atoms with van der Waals surface area (Å²) in [4.78, 5) is -0.510. The number of hydrogen-bond donors (Lipinski definition) is 4. The van der Waals surface area contributed by atoms with Crippen LogP contribution < -0.4 is 0 Å². The second-order valence-electron chi connectivity index (χ2n) is 5.74. The lowest BCUT2D eigenvalue weighted by Crippen LogP contribution is -1.98. The topological polar surface area (TPSA) is 140 Å². The van der Waals surface area contributed by atoms with Crippen LogP contribution in [0.3, 0.4) is 0 Å². The van der Waals surface area contributed by atoms with E-state index in [1.165, 1.54) is 24.3 Å². The van der Waals surface area contributed by atoms with Gasteiger partial charge in [-0.15, -0.1) is 10.2 Å². The first-order valence-corrected chi connectivity index (χ1v) is 9.27. The van der Waals surface area contributed by atoms with Gasteiger partial charge in [0.25, 0.3) is 10.1 Å². The minimum Gasteiger partial charge on any atom is -0.507 e. The molecule has 4 N–H and O–H groups in total. The molecule has 3 rings (SSSR count). The molecule has 0 unspecified atom stereocenters. The molecule has 0 aliphatic rings. The Kier molecular flexibility index (Phi) is 4.68. The fourth-order valence-electron chi connectivity index (χ4n) is 2.56. The Morgan fingerprint density at radius 2 is 1.67 bits per heavy atom. The number of phenols is 3. The quantitative estimate of drug-likeness (QED) is 0.369. The van der Waals surface area contributed by atoms with E-state index in [-0.39, 0.29) is 27.9 Å². The Morgan fingerprint density at radius 3 is 2.33 bits per heavy atom. The van der Waals surface area contributed by atoms with Crippen molar-refractivity contribution in [2.75, 3.05) is 0 Å². The molecule has 27 heavy (non-hydrogen) atoms. The van der Waals surface area contributed by atoms with Gasteiger partial charge in [-0.1, -0.05) is 11.6 Å². The van der Waals surface area contributed by atoms with Crippen LogP contribution in [0.1, 0.15) is 5.56 Å². The predicted octanol–water partition coefficient (Wildman–Crippen LogP) is 4.58. The van der Waals surface area contributed by atoms with Crippen molar-refractivity contribution in [3.8, 4) is 17.2 Å². The Morgan fingerprint density at radius 1 is 0.963 bits per heavy atom. The molecule has 0 atom stereocenters. The lowest BCUT2D eigenvalue weighted by atomic mass is 10.0. The summed E-state index contributed by atoms with van der Waals surface area (Å²) in [6, 6.07) is 7.59. The minimum absolute atomic E-state index is 0.0109. The van der Waals surface area contributed by atoms with Crippen LogP contribution in [0, 0.1) is 6.92 Å². The summed E-state index contributed by atoms with van der Waals surface area (Å²) in [5.41, 5.74) is 0.501. The molecule has 0 saturated heterocycles. The maximum Gasteiger partial charge on any atom is 0.294 e. The number of aryl methyl sites for hydroxylation is 1. The highest BCUT2D eigenvalue weighted by Gasteiger charge is 2.18. The van der Waals surface area contributed by atoms with Crippen LogP contribution in [0.2, 0.25) is 5.02 Å². The van der Waals surface area contributed by atoms with Gasteiger partial charge < -0.3 is 15.3 Å². The average Bonchev–Trinajstić information content (AvgIpc) is 2.56. The highest BCUT2D eigenvalue weighted by atomic mass is 35.5. The summed E-state index contributed by atoms with van der Waals surface area (Å²) in [5, 5.41) is 38.6. The molecule has 8 nitrogen and oxygen atoms in total. The van der Waals surface area contributed by atoms with E-state index in [1.807, 2.05) is 0 Å². The first-order valence-electron chi connectivity index (χ1n) is 7.45. The summed E-state index contributed by atoms with van der Waals surface area (Å²) >= 11 is 5.85. The van der Waals surface area contributed by atoms with Crippen LogP contribution in [0.25, 0.3) is 10.8 Å². The van der Waals surface area contributed by atoms with Gasteiger partial charge in [-0.05, 0) is 48.2 Å². The number of halogens is 1. The number of benzene rings is 3. The number of aromatic hydroxyl groups is 3. The smallest absolute Gasteiger partial charge is 0.294 e. The molecule has 0 radical (unpaired) electrons. The number of phenolic OH excluding ortho intramolecular Hbond substituents is 3. The van der Waals surface area contributed by atoms with Crippen molar-refractivity contribution in [1.82, 2.24) is 0 Å². The summed E-state index contributed by atoms with van der Waals surface area (Å²) in [5.74, 6) is -1.16. The highest BCUT2D eigenvalue weighted by molar-refractivity contribution is 7.85. The number of hydrogen-bond acceptors (Lipinski definition) is 7. The SMILES string of the molecule is Cc1cc2cc(S(=O)(=O)O)cc(O)c2c(O)c1/N=N/c1cc(Cl)ccc1O. The van der Waals surface area contributed by atoms with Crippen molar-refractivity contribution < 1.29 is 28.3 Å². The Labute approximate surface area is 158 Å². The molecular formula is C17H13ClN2O6S. The summed E-state index contributed by atoms with van der Waals surface area (Å²) < 4.78 is 31.8. The number of rotatable bonds is 3. The van der Waals surface area contributed by atoms with Crippen molar-refractivity contribution in [2.24, 2.45) is 10.2 Å². The van der Waals surface area contributed by atoms with Crippen molar-refractivity contribution in [1.29, 1.82) is 0 Å². The van der Waals surface area contributed by atoms with E-state index in [1.54, 1.807) is 6.92 Å². The minimum atomic E-state index is -4.53. The van der Waals surface area contributed by atoms with E-state index < -0.39 is 26.5 Å². The molecular weight excluding hydrogens is 396 g/mol. The molecule has 0 heterocycles. The van der Waals surface area contributed by atoms with E-state index in [2.05, 4.69) is 10.2 Å². The van der Waals surface area contributed by atoms with Crippen LogP contribution >= 0.6 is 11.6 Å². The molecule has 0 saturated carbocycles. The normalized spacial score (nSPS) is 12.1. The monoisotopic (exact) mass is 408 g/mol. The molecule has 10 heteroatoms. The largest absolute Gasteiger partial charge is 0.507 e. The second kappa shape index (κ2) is 6.69. The van der Waals surface area contributed by atoms with Crippen molar-refractivity contribution in [3.63, 3.8) is 0 Å². The van der Waals surface area contributed by atoms with Gasteiger partial charge in [-0.25, -0.2) is 0 Å². The molecule has 0 spiro atoms. The maximum atomic E-state index is 11.3. The van der Waals surface area contributed by atoms with E-state index in [9.17, 15) is 23.7 Å². The van der Waals surface area contributed by atoms with Crippen molar-refractivity contribution in [3.05, 3.63) is 47.0 Å². The van der Waals surface area contributed by atoms with Gasteiger partial charge in [0.05, 0.1) is 10.3 Å². The average molecular weight is 409 g/mol. The highest BCUT2D eigenvalue weighted by Crippen LogP contribution is 2.44. The molecule has 0 aliphatic carbocycles. The van der Waals surface area contributed by atoms with E-state index >= 15 is 0 Å².